The van der Waals surface area contributed by atoms with Gasteiger partial charge in [-0.05, 0) is 60.7 Å². The molecule has 2 heterocycles. The maximum Gasteiger partial charge on any atom is 0.0803 e. The van der Waals surface area contributed by atoms with Crippen LogP contribution in [-0.2, 0) is 0 Å². The van der Waals surface area contributed by atoms with Crippen molar-refractivity contribution in [2.24, 2.45) is 0 Å². The summed E-state index contributed by atoms with van der Waals surface area (Å²) in [5.41, 5.74) is 7.20. The molecule has 6 rings (SSSR count). The molecule has 144 valence electrons. The van der Waals surface area contributed by atoms with Crippen LogP contribution in [0.4, 0.5) is 0 Å². The molecule has 4 heteroatoms. The highest BCUT2D eigenvalue weighted by Gasteiger charge is 2.21. The van der Waals surface area contributed by atoms with Gasteiger partial charge >= 0.3 is 0 Å². The number of nitrogens with zero attached hydrogens (tertiary/aromatic N) is 2. The molecule has 0 N–H and O–H groups in total. The topological polar surface area (TPSA) is 9.86 Å². The monoisotopic (exact) mass is 514 g/mol. The summed E-state index contributed by atoms with van der Waals surface area (Å²) in [4.78, 5) is 0. The van der Waals surface area contributed by atoms with Gasteiger partial charge < -0.3 is 9.13 Å². The molecular formula is C26H16Br2N2. The Hall–Kier alpha value is -2.82. The first-order valence-electron chi connectivity index (χ1n) is 9.77. The lowest BCUT2D eigenvalue weighted by atomic mass is 10.2. The Labute approximate surface area is 190 Å². The second-order valence-corrected chi connectivity index (χ2v) is 9.19. The summed E-state index contributed by atoms with van der Waals surface area (Å²) in [5, 5.41) is 2.49. The first kappa shape index (κ1) is 18.0. The fourth-order valence-corrected chi connectivity index (χ4v) is 4.93. The van der Waals surface area contributed by atoms with Crippen LogP contribution in [0.5, 0.6) is 0 Å². The maximum absolute atomic E-state index is 3.57. The van der Waals surface area contributed by atoms with Gasteiger partial charge in [-0.2, -0.15) is 0 Å². The van der Waals surface area contributed by atoms with E-state index in [1.165, 1.54) is 32.8 Å². The Kier molecular flexibility index (Phi) is 4.12. The number of hydrogen-bond acceptors (Lipinski definition) is 0. The molecule has 4 aromatic carbocycles. The smallest absolute Gasteiger partial charge is 0.0803 e. The van der Waals surface area contributed by atoms with Crippen molar-refractivity contribution in [1.82, 2.24) is 9.13 Å². The van der Waals surface area contributed by atoms with Gasteiger partial charge in [0.1, 0.15) is 0 Å². The van der Waals surface area contributed by atoms with E-state index in [0.717, 1.165) is 20.3 Å². The molecule has 2 aromatic heterocycles. The van der Waals surface area contributed by atoms with Crippen molar-refractivity contribution in [3.05, 3.63) is 106 Å². The van der Waals surface area contributed by atoms with Crippen LogP contribution >= 0.6 is 31.9 Å². The molecule has 0 saturated carbocycles. The summed E-state index contributed by atoms with van der Waals surface area (Å²) in [7, 11) is 0. The number of rotatable bonds is 2. The number of halogens is 2. The van der Waals surface area contributed by atoms with Crippen LogP contribution in [0.1, 0.15) is 0 Å². The van der Waals surface area contributed by atoms with Crippen LogP contribution in [0.25, 0.3) is 44.2 Å². The third kappa shape index (κ3) is 2.60. The number of aromatic nitrogens is 2. The standard InChI is InChI=1S/C26H16Br2N2/c27-17-9-13-19(14-10-17)29-23-7-3-1-5-21(23)25-26(29)22-6-2-4-8-24(22)30(25)20-15-11-18(28)12-16-20/h1-16H. The fourth-order valence-electron chi connectivity index (χ4n) is 4.40. The van der Waals surface area contributed by atoms with Crippen LogP contribution < -0.4 is 0 Å². The molecule has 0 unspecified atom stereocenters. The summed E-state index contributed by atoms with van der Waals surface area (Å²) >= 11 is 7.14. The zero-order chi connectivity index (χ0) is 20.2. The molecule has 30 heavy (non-hydrogen) atoms. The van der Waals surface area contributed by atoms with Crippen molar-refractivity contribution < 1.29 is 0 Å². The van der Waals surface area contributed by atoms with E-state index in [9.17, 15) is 0 Å². The first-order chi connectivity index (χ1) is 14.7. The lowest BCUT2D eigenvalue weighted by molar-refractivity contribution is 1.17. The lowest BCUT2D eigenvalue weighted by Gasteiger charge is -2.09. The van der Waals surface area contributed by atoms with Crippen LogP contribution in [0.2, 0.25) is 0 Å². The number of para-hydroxylation sites is 2. The van der Waals surface area contributed by atoms with Crippen molar-refractivity contribution >= 4 is 64.7 Å². The normalized spacial score (nSPS) is 11.7. The highest BCUT2D eigenvalue weighted by molar-refractivity contribution is 9.10. The van der Waals surface area contributed by atoms with E-state index in [4.69, 9.17) is 0 Å². The van der Waals surface area contributed by atoms with Crippen molar-refractivity contribution in [1.29, 1.82) is 0 Å². The van der Waals surface area contributed by atoms with Gasteiger partial charge in [0.15, 0.2) is 0 Å². The summed E-state index contributed by atoms with van der Waals surface area (Å²) in [6, 6.07) is 34.4. The molecule has 0 aliphatic heterocycles. The predicted octanol–water partition coefficient (Wildman–Crippen LogP) is 8.25. The summed E-state index contributed by atoms with van der Waals surface area (Å²) in [6.45, 7) is 0. The van der Waals surface area contributed by atoms with Crippen LogP contribution in [0.3, 0.4) is 0 Å². The van der Waals surface area contributed by atoms with Crippen LogP contribution in [-0.4, -0.2) is 9.13 Å². The molecule has 2 nitrogen and oxygen atoms in total. The Bertz CT molecular complexity index is 1420. The van der Waals surface area contributed by atoms with Gasteiger partial charge in [0.05, 0.1) is 22.1 Å². The molecule has 0 aliphatic carbocycles. The number of fused-ring (bicyclic) bond motifs is 5. The maximum atomic E-state index is 3.57. The third-order valence-corrected chi connectivity index (χ3v) is 6.70. The Morgan fingerprint density at radius 3 is 1.20 bits per heavy atom. The zero-order valence-electron chi connectivity index (χ0n) is 15.9. The lowest BCUT2D eigenvalue weighted by Crippen LogP contribution is -1.93. The molecular weight excluding hydrogens is 500 g/mol. The van der Waals surface area contributed by atoms with E-state index in [-0.39, 0.29) is 0 Å². The highest BCUT2D eigenvalue weighted by atomic mass is 79.9. The van der Waals surface area contributed by atoms with Gasteiger partial charge in [0.2, 0.25) is 0 Å². The molecule has 0 saturated heterocycles. The number of hydrogen-bond donors (Lipinski definition) is 0. The van der Waals surface area contributed by atoms with Gasteiger partial charge in [0, 0.05) is 31.1 Å². The van der Waals surface area contributed by atoms with Gasteiger partial charge in [-0.3, -0.25) is 0 Å². The third-order valence-electron chi connectivity index (χ3n) is 5.64. The molecule has 0 fully saturated rings. The van der Waals surface area contributed by atoms with Gasteiger partial charge in [-0.25, -0.2) is 0 Å². The SMILES string of the molecule is Brc1ccc(-n2c3ccccc3c3c2c2ccccc2n3-c2ccc(Br)cc2)cc1. The van der Waals surface area contributed by atoms with Crippen LogP contribution in [0.15, 0.2) is 106 Å². The first-order valence-corrected chi connectivity index (χ1v) is 11.4. The van der Waals surface area contributed by atoms with Crippen molar-refractivity contribution in [2.75, 3.05) is 0 Å². The van der Waals surface area contributed by atoms with Gasteiger partial charge in [-0.1, -0.05) is 68.3 Å². The quantitative estimate of drug-likeness (QED) is 0.219. The predicted molar refractivity (Wildman–Crippen MR) is 133 cm³/mol. The molecule has 0 spiro atoms. The molecule has 0 aliphatic rings. The summed E-state index contributed by atoms with van der Waals surface area (Å²) in [6.07, 6.45) is 0. The Morgan fingerprint density at radius 1 is 0.433 bits per heavy atom. The van der Waals surface area contributed by atoms with E-state index in [1.807, 2.05) is 0 Å². The van der Waals surface area contributed by atoms with Gasteiger partial charge in [0.25, 0.3) is 0 Å². The van der Waals surface area contributed by atoms with E-state index < -0.39 is 0 Å². The minimum atomic E-state index is 1.08. The van der Waals surface area contributed by atoms with Crippen molar-refractivity contribution in [3.63, 3.8) is 0 Å². The number of benzene rings is 4. The van der Waals surface area contributed by atoms with Crippen molar-refractivity contribution in [2.45, 2.75) is 0 Å². The highest BCUT2D eigenvalue weighted by Crippen LogP contribution is 2.40. The molecule has 0 atom stereocenters. The van der Waals surface area contributed by atoms with Crippen LogP contribution in [0, 0.1) is 0 Å². The minimum absolute atomic E-state index is 1.08. The molecule has 0 amide bonds. The van der Waals surface area contributed by atoms with E-state index in [2.05, 4.69) is 138 Å². The fraction of sp³-hybridized carbons (Fsp3) is 0. The largest absolute Gasteiger partial charge is 0.307 e. The molecule has 0 radical (unpaired) electrons. The van der Waals surface area contributed by atoms with Gasteiger partial charge in [-0.15, -0.1) is 0 Å². The summed E-state index contributed by atoms with van der Waals surface area (Å²) < 4.78 is 6.93. The minimum Gasteiger partial charge on any atom is -0.307 e. The van der Waals surface area contributed by atoms with E-state index >= 15 is 0 Å². The summed E-state index contributed by atoms with van der Waals surface area (Å²) in [5.74, 6) is 0. The average Bonchev–Trinajstić information content (AvgIpc) is 3.28. The second kappa shape index (κ2) is 6.86. The zero-order valence-corrected chi connectivity index (χ0v) is 19.1. The van der Waals surface area contributed by atoms with Crippen molar-refractivity contribution in [3.8, 4) is 11.4 Å². The second-order valence-electron chi connectivity index (χ2n) is 7.36. The Morgan fingerprint density at radius 2 is 0.800 bits per heavy atom. The average molecular weight is 516 g/mol. The van der Waals surface area contributed by atoms with E-state index in [0.29, 0.717) is 0 Å². The Balaban J connectivity index is 1.85. The van der Waals surface area contributed by atoms with E-state index in [1.54, 1.807) is 0 Å². The molecule has 0 bridgehead atoms. The molecule has 6 aromatic rings.